The highest BCUT2D eigenvalue weighted by atomic mass is 79.9. The molecule has 2 nitrogen and oxygen atoms in total. The number of halogens is 5. The second kappa shape index (κ2) is 6.80. The van der Waals surface area contributed by atoms with Crippen LogP contribution in [0.25, 0.3) is 0 Å². The van der Waals surface area contributed by atoms with E-state index in [0.29, 0.717) is 10.0 Å². The Morgan fingerprint density at radius 1 is 1.05 bits per heavy atom. The van der Waals surface area contributed by atoms with Gasteiger partial charge in [-0.05, 0) is 30.3 Å². The molecule has 112 valence electrons. The van der Waals surface area contributed by atoms with Gasteiger partial charge in [-0.25, -0.2) is 8.78 Å². The van der Waals surface area contributed by atoms with Crippen LogP contribution >= 0.6 is 15.9 Å². The number of hydrogen-bond acceptors (Lipinski definition) is 2. The van der Waals surface area contributed by atoms with Gasteiger partial charge in [0.25, 0.3) is 0 Å². The van der Waals surface area contributed by atoms with Gasteiger partial charge in [0, 0.05) is 28.3 Å². The molecule has 0 atom stereocenters. The van der Waals surface area contributed by atoms with Crippen LogP contribution < -0.4 is 10.1 Å². The van der Waals surface area contributed by atoms with Gasteiger partial charge in [-0.15, -0.1) is 0 Å². The lowest BCUT2D eigenvalue weighted by Crippen LogP contribution is -2.07. The summed E-state index contributed by atoms with van der Waals surface area (Å²) in [4.78, 5) is 0. The quantitative estimate of drug-likeness (QED) is 0.759. The lowest BCUT2D eigenvalue weighted by atomic mass is 10.2. The van der Waals surface area contributed by atoms with Crippen LogP contribution in [0.4, 0.5) is 23.2 Å². The topological polar surface area (TPSA) is 21.3 Å². The van der Waals surface area contributed by atoms with E-state index in [1.165, 1.54) is 6.07 Å². The summed E-state index contributed by atoms with van der Waals surface area (Å²) < 4.78 is 55.8. The predicted octanol–water partition coefficient (Wildman–Crippen LogP) is 4.94. The molecule has 0 saturated carbocycles. The number of benzene rings is 2. The molecular formula is C14H10BrF4NO. The van der Waals surface area contributed by atoms with Crippen LogP contribution in [0.15, 0.2) is 40.9 Å². The highest BCUT2D eigenvalue weighted by Crippen LogP contribution is 2.26. The molecule has 0 radical (unpaired) electrons. The highest BCUT2D eigenvalue weighted by molar-refractivity contribution is 9.10. The lowest BCUT2D eigenvalue weighted by molar-refractivity contribution is -0.0504. The van der Waals surface area contributed by atoms with Crippen molar-refractivity contribution in [3.63, 3.8) is 0 Å². The Hall–Kier alpha value is -1.76. The van der Waals surface area contributed by atoms with Crippen LogP contribution in [-0.4, -0.2) is 6.61 Å². The summed E-state index contributed by atoms with van der Waals surface area (Å²) in [5.41, 5.74) is 0.629. The lowest BCUT2D eigenvalue weighted by Gasteiger charge is -2.13. The fourth-order valence-corrected chi connectivity index (χ4v) is 2.16. The third-order valence-electron chi connectivity index (χ3n) is 2.58. The first-order valence-corrected chi connectivity index (χ1v) is 6.66. The van der Waals surface area contributed by atoms with E-state index in [1.807, 2.05) is 0 Å². The minimum atomic E-state index is -2.95. The minimum absolute atomic E-state index is 0.00225. The van der Waals surface area contributed by atoms with Crippen molar-refractivity contribution in [2.45, 2.75) is 13.2 Å². The number of anilines is 1. The summed E-state index contributed by atoms with van der Waals surface area (Å²) in [6.07, 6.45) is 0. The average molecular weight is 364 g/mol. The Bertz CT molecular complexity index is 616. The Morgan fingerprint density at radius 3 is 2.33 bits per heavy atom. The molecule has 2 aromatic carbocycles. The molecule has 0 aliphatic heterocycles. The second-order valence-corrected chi connectivity index (χ2v) is 5.06. The van der Waals surface area contributed by atoms with Gasteiger partial charge in [0.05, 0.1) is 0 Å². The Morgan fingerprint density at radius 2 is 1.71 bits per heavy atom. The van der Waals surface area contributed by atoms with E-state index in [2.05, 4.69) is 26.0 Å². The maximum Gasteiger partial charge on any atom is 0.387 e. The third kappa shape index (κ3) is 4.63. The molecule has 0 aromatic heterocycles. The minimum Gasteiger partial charge on any atom is -0.434 e. The van der Waals surface area contributed by atoms with E-state index >= 15 is 0 Å². The molecule has 0 spiro atoms. The number of hydrogen-bond donors (Lipinski definition) is 1. The molecule has 0 aliphatic carbocycles. The maximum absolute atomic E-state index is 13.1. The number of alkyl halides is 2. The van der Waals surface area contributed by atoms with Gasteiger partial charge in [-0.2, -0.15) is 8.78 Å². The molecule has 0 saturated heterocycles. The first kappa shape index (κ1) is 15.6. The molecule has 1 N–H and O–H groups in total. The van der Waals surface area contributed by atoms with E-state index < -0.39 is 18.2 Å². The summed E-state index contributed by atoms with van der Waals surface area (Å²) >= 11 is 3.22. The summed E-state index contributed by atoms with van der Waals surface area (Å²) in [5.74, 6) is -1.45. The van der Waals surface area contributed by atoms with Crippen LogP contribution in [0.1, 0.15) is 5.56 Å². The molecule has 0 bridgehead atoms. The summed E-state index contributed by atoms with van der Waals surface area (Å²) in [6, 6.07) is 7.49. The molecule has 0 unspecified atom stereocenters. The second-order valence-electron chi connectivity index (χ2n) is 4.14. The molecule has 2 aromatic rings. The van der Waals surface area contributed by atoms with E-state index in [0.717, 1.165) is 18.2 Å². The van der Waals surface area contributed by atoms with Gasteiger partial charge in [-0.3, -0.25) is 0 Å². The van der Waals surface area contributed by atoms with Gasteiger partial charge in [-0.1, -0.05) is 15.9 Å². The van der Waals surface area contributed by atoms with Crippen molar-refractivity contribution in [2.75, 3.05) is 5.32 Å². The van der Waals surface area contributed by atoms with Crippen molar-refractivity contribution in [1.29, 1.82) is 0 Å². The molecule has 0 aliphatic rings. The summed E-state index contributed by atoms with van der Waals surface area (Å²) in [6.45, 7) is -2.87. The molecule has 21 heavy (non-hydrogen) atoms. The Kier molecular flexibility index (Phi) is 5.06. The van der Waals surface area contributed by atoms with E-state index in [9.17, 15) is 17.6 Å². The molecule has 0 amide bonds. The van der Waals surface area contributed by atoms with Gasteiger partial charge in [0.15, 0.2) is 0 Å². The van der Waals surface area contributed by atoms with Crippen LogP contribution in [0.5, 0.6) is 5.75 Å². The third-order valence-corrected chi connectivity index (χ3v) is 3.08. The van der Waals surface area contributed by atoms with Crippen molar-refractivity contribution in [2.24, 2.45) is 0 Å². The number of ether oxygens (including phenoxy) is 1. The molecule has 2 rings (SSSR count). The van der Waals surface area contributed by atoms with Gasteiger partial charge < -0.3 is 10.1 Å². The zero-order valence-electron chi connectivity index (χ0n) is 10.5. The van der Waals surface area contributed by atoms with Crippen LogP contribution in [0.3, 0.4) is 0 Å². The average Bonchev–Trinajstić information content (AvgIpc) is 2.37. The monoisotopic (exact) mass is 363 g/mol. The van der Waals surface area contributed by atoms with Crippen molar-refractivity contribution >= 4 is 21.6 Å². The van der Waals surface area contributed by atoms with E-state index in [4.69, 9.17) is 0 Å². The normalized spacial score (nSPS) is 10.8. The standard InChI is InChI=1S/C14H10BrF4NO/c15-9-1-2-13(21-14(18)19)8(3-9)7-20-12-5-10(16)4-11(17)6-12/h1-6,14,20H,7H2. The zero-order chi connectivity index (χ0) is 15.4. The van der Waals surface area contributed by atoms with Crippen molar-refractivity contribution in [3.8, 4) is 5.75 Å². The number of rotatable bonds is 5. The van der Waals surface area contributed by atoms with Crippen LogP contribution in [0, 0.1) is 11.6 Å². The van der Waals surface area contributed by atoms with Crippen molar-refractivity contribution in [3.05, 3.63) is 58.1 Å². The number of nitrogens with one attached hydrogen (secondary N) is 1. The molecule has 0 fully saturated rings. The fraction of sp³-hybridized carbons (Fsp3) is 0.143. The van der Waals surface area contributed by atoms with Crippen molar-refractivity contribution < 1.29 is 22.3 Å². The maximum atomic E-state index is 13.1. The van der Waals surface area contributed by atoms with Gasteiger partial charge in [0.2, 0.25) is 0 Å². The molecule has 7 heteroatoms. The van der Waals surface area contributed by atoms with E-state index in [-0.39, 0.29) is 18.0 Å². The van der Waals surface area contributed by atoms with Crippen LogP contribution in [0.2, 0.25) is 0 Å². The molecular weight excluding hydrogens is 354 g/mol. The predicted molar refractivity (Wildman–Crippen MR) is 74.5 cm³/mol. The summed E-state index contributed by atoms with van der Waals surface area (Å²) in [7, 11) is 0. The largest absolute Gasteiger partial charge is 0.434 e. The van der Waals surface area contributed by atoms with Crippen molar-refractivity contribution in [1.82, 2.24) is 0 Å². The first-order chi connectivity index (χ1) is 9.94. The van der Waals surface area contributed by atoms with Gasteiger partial charge >= 0.3 is 6.61 Å². The zero-order valence-corrected chi connectivity index (χ0v) is 12.1. The Balaban J connectivity index is 2.16. The van der Waals surface area contributed by atoms with E-state index in [1.54, 1.807) is 12.1 Å². The molecule has 0 heterocycles. The van der Waals surface area contributed by atoms with Crippen LogP contribution in [-0.2, 0) is 6.54 Å². The first-order valence-electron chi connectivity index (χ1n) is 5.87. The van der Waals surface area contributed by atoms with Gasteiger partial charge in [0.1, 0.15) is 17.4 Å². The fourth-order valence-electron chi connectivity index (χ4n) is 1.75. The summed E-state index contributed by atoms with van der Waals surface area (Å²) in [5, 5.41) is 2.76. The SMILES string of the molecule is Fc1cc(F)cc(NCc2cc(Br)ccc2OC(F)F)c1. The Labute approximate surface area is 126 Å². The smallest absolute Gasteiger partial charge is 0.387 e. The highest BCUT2D eigenvalue weighted by Gasteiger charge is 2.10.